The largest absolute Gasteiger partial charge is 0.392 e. The van der Waals surface area contributed by atoms with E-state index in [0.717, 1.165) is 30.3 Å². The van der Waals surface area contributed by atoms with E-state index in [4.69, 9.17) is 0 Å². The van der Waals surface area contributed by atoms with Gasteiger partial charge in [-0.15, -0.1) is 0 Å². The van der Waals surface area contributed by atoms with Gasteiger partial charge in [0.1, 0.15) is 0 Å². The molecule has 0 radical (unpaired) electrons. The smallest absolute Gasteiger partial charge is 0.0693 e. The Bertz CT molecular complexity index is 325. The number of halogens is 1. The molecular weight excluding hydrogens is 266 g/mol. The molecule has 16 heavy (non-hydrogen) atoms. The molecule has 0 bridgehead atoms. The van der Waals surface area contributed by atoms with Gasteiger partial charge in [0.15, 0.2) is 0 Å². The molecule has 2 N–H and O–H groups in total. The Morgan fingerprint density at radius 3 is 2.56 bits per heavy atom. The van der Waals surface area contributed by atoms with Crippen LogP contribution in [0, 0.1) is 0 Å². The lowest BCUT2D eigenvalue weighted by molar-refractivity contribution is 0.0902. The van der Waals surface area contributed by atoms with Crippen LogP contribution >= 0.6 is 15.9 Å². The summed E-state index contributed by atoms with van der Waals surface area (Å²) in [5.41, 5.74) is 1.26. The highest BCUT2D eigenvalue weighted by Crippen LogP contribution is 2.19. The summed E-state index contributed by atoms with van der Waals surface area (Å²) < 4.78 is 1.11. The van der Waals surface area contributed by atoms with E-state index in [-0.39, 0.29) is 12.1 Å². The molecule has 0 saturated heterocycles. The first kappa shape index (κ1) is 12.1. The number of hydrogen-bond acceptors (Lipinski definition) is 2. The molecule has 1 aromatic carbocycles. The molecule has 1 aliphatic carbocycles. The summed E-state index contributed by atoms with van der Waals surface area (Å²) in [4.78, 5) is 0. The molecule has 0 spiro atoms. The molecule has 2 nitrogen and oxygen atoms in total. The first-order chi connectivity index (χ1) is 7.75. The molecule has 2 atom stereocenters. The molecule has 88 valence electrons. The molecule has 1 saturated carbocycles. The first-order valence-corrected chi connectivity index (χ1v) is 6.71. The molecule has 3 heteroatoms. The Morgan fingerprint density at radius 2 is 1.88 bits per heavy atom. The fourth-order valence-electron chi connectivity index (χ4n) is 2.20. The maximum atomic E-state index is 9.82. The highest BCUT2D eigenvalue weighted by Gasteiger charge is 2.21. The van der Waals surface area contributed by atoms with Gasteiger partial charge in [0, 0.05) is 17.1 Å². The Balaban J connectivity index is 1.84. The molecule has 0 aliphatic heterocycles. The number of benzene rings is 1. The van der Waals surface area contributed by atoms with E-state index in [2.05, 4.69) is 33.4 Å². The molecule has 1 fully saturated rings. The van der Waals surface area contributed by atoms with Crippen molar-refractivity contribution in [3.63, 3.8) is 0 Å². The Morgan fingerprint density at radius 1 is 1.19 bits per heavy atom. The van der Waals surface area contributed by atoms with Crippen LogP contribution in [0.25, 0.3) is 0 Å². The molecule has 0 unspecified atom stereocenters. The zero-order chi connectivity index (χ0) is 11.4. The maximum Gasteiger partial charge on any atom is 0.0693 e. The van der Waals surface area contributed by atoms with E-state index < -0.39 is 0 Å². The van der Waals surface area contributed by atoms with Gasteiger partial charge in [0.05, 0.1) is 6.10 Å². The van der Waals surface area contributed by atoms with Crippen LogP contribution in [0.2, 0.25) is 0 Å². The second-order valence-electron chi connectivity index (χ2n) is 4.47. The van der Waals surface area contributed by atoms with Crippen LogP contribution in [0.4, 0.5) is 0 Å². The van der Waals surface area contributed by atoms with Crippen molar-refractivity contribution in [1.29, 1.82) is 0 Å². The van der Waals surface area contributed by atoms with Crippen LogP contribution < -0.4 is 5.32 Å². The lowest BCUT2D eigenvalue weighted by atomic mass is 9.92. The number of aliphatic hydroxyl groups is 1. The van der Waals surface area contributed by atoms with Gasteiger partial charge in [-0.2, -0.15) is 0 Å². The van der Waals surface area contributed by atoms with Crippen molar-refractivity contribution in [2.75, 3.05) is 0 Å². The normalized spacial score (nSPS) is 25.6. The lowest BCUT2D eigenvalue weighted by Crippen LogP contribution is -2.41. The van der Waals surface area contributed by atoms with Crippen LogP contribution in [-0.2, 0) is 6.54 Å². The Labute approximate surface area is 105 Å². The van der Waals surface area contributed by atoms with E-state index in [1.807, 2.05) is 12.1 Å². The van der Waals surface area contributed by atoms with Crippen LogP contribution in [0.1, 0.15) is 31.2 Å². The summed E-state index contributed by atoms with van der Waals surface area (Å²) >= 11 is 3.42. The zero-order valence-corrected chi connectivity index (χ0v) is 10.9. The maximum absolute atomic E-state index is 9.82. The zero-order valence-electron chi connectivity index (χ0n) is 9.32. The van der Waals surface area contributed by atoms with Crippen LogP contribution in [0.15, 0.2) is 28.7 Å². The minimum Gasteiger partial charge on any atom is -0.392 e. The number of aliphatic hydroxyl groups excluding tert-OH is 1. The molecule has 2 rings (SSSR count). The van der Waals surface area contributed by atoms with E-state index in [9.17, 15) is 5.11 Å². The van der Waals surface area contributed by atoms with E-state index in [0.29, 0.717) is 0 Å². The highest BCUT2D eigenvalue weighted by molar-refractivity contribution is 9.10. The van der Waals surface area contributed by atoms with Crippen molar-refractivity contribution in [2.45, 2.75) is 44.4 Å². The summed E-state index contributed by atoms with van der Waals surface area (Å²) in [6.45, 7) is 0.842. The predicted molar refractivity (Wildman–Crippen MR) is 69.2 cm³/mol. The molecule has 0 heterocycles. The minimum absolute atomic E-state index is 0.163. The topological polar surface area (TPSA) is 32.3 Å². The molecule has 0 amide bonds. The molecular formula is C13H18BrNO. The van der Waals surface area contributed by atoms with E-state index >= 15 is 0 Å². The standard InChI is InChI=1S/C13H18BrNO/c14-11-7-5-10(6-8-11)9-15-12-3-1-2-4-13(12)16/h5-8,12-13,15-16H,1-4,9H2/t12-,13-/m0/s1. The second-order valence-corrected chi connectivity index (χ2v) is 5.38. The van der Waals surface area contributed by atoms with Crippen LogP contribution in [0.3, 0.4) is 0 Å². The van der Waals surface area contributed by atoms with Gasteiger partial charge in [-0.1, -0.05) is 40.9 Å². The van der Waals surface area contributed by atoms with Crippen molar-refractivity contribution in [3.8, 4) is 0 Å². The van der Waals surface area contributed by atoms with Crippen molar-refractivity contribution in [2.24, 2.45) is 0 Å². The lowest BCUT2D eigenvalue weighted by Gasteiger charge is -2.28. The summed E-state index contributed by atoms with van der Waals surface area (Å²) in [5, 5.41) is 13.3. The monoisotopic (exact) mass is 283 g/mol. The number of hydrogen-bond donors (Lipinski definition) is 2. The third-order valence-corrected chi connectivity index (χ3v) is 3.74. The van der Waals surface area contributed by atoms with Crippen molar-refractivity contribution >= 4 is 15.9 Å². The predicted octanol–water partition coefficient (Wildman–Crippen LogP) is 2.84. The van der Waals surface area contributed by atoms with Gasteiger partial charge >= 0.3 is 0 Å². The van der Waals surface area contributed by atoms with Gasteiger partial charge < -0.3 is 10.4 Å². The molecule has 0 aromatic heterocycles. The molecule has 1 aliphatic rings. The quantitative estimate of drug-likeness (QED) is 0.894. The van der Waals surface area contributed by atoms with Gasteiger partial charge in [-0.25, -0.2) is 0 Å². The summed E-state index contributed by atoms with van der Waals surface area (Å²) in [7, 11) is 0. The summed E-state index contributed by atoms with van der Waals surface area (Å²) in [6, 6.07) is 8.58. The number of rotatable bonds is 3. The summed E-state index contributed by atoms with van der Waals surface area (Å²) in [5.74, 6) is 0. The van der Waals surface area contributed by atoms with Crippen molar-refractivity contribution in [1.82, 2.24) is 5.32 Å². The Kier molecular flexibility index (Phi) is 4.38. The SMILES string of the molecule is O[C@H]1CCCC[C@@H]1NCc1ccc(Br)cc1. The van der Waals surface area contributed by atoms with Gasteiger partial charge in [-0.3, -0.25) is 0 Å². The van der Waals surface area contributed by atoms with Crippen LogP contribution in [0.5, 0.6) is 0 Å². The number of nitrogens with one attached hydrogen (secondary N) is 1. The minimum atomic E-state index is -0.163. The highest BCUT2D eigenvalue weighted by atomic mass is 79.9. The fourth-order valence-corrected chi connectivity index (χ4v) is 2.46. The average molecular weight is 284 g/mol. The van der Waals surface area contributed by atoms with Crippen molar-refractivity contribution in [3.05, 3.63) is 34.3 Å². The first-order valence-electron chi connectivity index (χ1n) is 5.91. The van der Waals surface area contributed by atoms with E-state index in [1.54, 1.807) is 0 Å². The van der Waals surface area contributed by atoms with Gasteiger partial charge in [0.2, 0.25) is 0 Å². The van der Waals surface area contributed by atoms with E-state index in [1.165, 1.54) is 12.0 Å². The van der Waals surface area contributed by atoms with Gasteiger partial charge in [0.25, 0.3) is 0 Å². The fraction of sp³-hybridized carbons (Fsp3) is 0.538. The Hall–Kier alpha value is -0.380. The van der Waals surface area contributed by atoms with Gasteiger partial charge in [-0.05, 0) is 30.5 Å². The third kappa shape index (κ3) is 3.30. The average Bonchev–Trinajstić information content (AvgIpc) is 2.30. The third-order valence-electron chi connectivity index (χ3n) is 3.21. The van der Waals surface area contributed by atoms with Crippen molar-refractivity contribution < 1.29 is 5.11 Å². The second kappa shape index (κ2) is 5.80. The summed E-state index contributed by atoms with van der Waals surface area (Å²) in [6.07, 6.45) is 4.27. The molecule has 1 aromatic rings. The van der Waals surface area contributed by atoms with Crippen LogP contribution in [-0.4, -0.2) is 17.3 Å².